The molecule has 0 radical (unpaired) electrons. The largest absolute Gasteiger partial charge is 0.573 e. The molecule has 456 valence electrons. The number of unbranched alkanes of at least 4 members (excludes halogenated alkanes) is 13. The van der Waals surface area contributed by atoms with Crippen LogP contribution in [0, 0.1) is 32.7 Å². The number of halogens is 4. The highest BCUT2D eigenvalue weighted by Gasteiger charge is 2.58. The number of Topliss-reactive ketones (excluding diaryl/α,β-unsaturated/α-hetero) is 1. The number of non-ortho nitro benzene ring substituents is 1. The molecule has 83 heavy (non-hydrogen) atoms. The number of carbonyl (C=O) groups is 8. The molecule has 20 nitrogen and oxygen atoms in total. The summed E-state index contributed by atoms with van der Waals surface area (Å²) < 4.78 is 51.4. The number of carboxylic acids is 6. The smallest absolute Gasteiger partial charge is 0.505 e. The second kappa shape index (κ2) is 36.8. The number of nitrogens with zero attached hydrogens (tertiary/aromatic N) is 1. The van der Waals surface area contributed by atoms with Gasteiger partial charge in [0.25, 0.3) is 17.4 Å². The first kappa shape index (κ1) is 72.6. The van der Waals surface area contributed by atoms with Crippen molar-refractivity contribution in [2.45, 2.75) is 150 Å². The van der Waals surface area contributed by atoms with Gasteiger partial charge in [0.1, 0.15) is 5.75 Å². The van der Waals surface area contributed by atoms with Gasteiger partial charge in [0.2, 0.25) is 0 Å². The first-order valence-corrected chi connectivity index (χ1v) is 26.7. The molecule has 1 saturated carbocycles. The quantitative estimate of drug-likeness (QED) is 0.00686. The molecule has 0 bridgehead atoms. The molecule has 2 unspecified atom stereocenters. The molecule has 4 aromatic carbocycles. The Bertz CT molecular complexity index is 2750. The van der Waals surface area contributed by atoms with E-state index < -0.39 is 87.1 Å². The summed E-state index contributed by atoms with van der Waals surface area (Å²) in [7, 11) is 0. The molecule has 5 rings (SSSR count). The van der Waals surface area contributed by atoms with Crippen LogP contribution in [0.4, 0.5) is 23.2 Å². The fraction of sp³-hybridized carbons (Fsp3) is 0.458. The molecule has 0 aliphatic heterocycles. The zero-order valence-corrected chi connectivity index (χ0v) is 46.8. The maximum absolute atomic E-state index is 12.6. The molecule has 0 saturated heterocycles. The minimum atomic E-state index is -4.73. The van der Waals surface area contributed by atoms with Crippen molar-refractivity contribution in [1.29, 1.82) is 0 Å². The molecule has 1 fully saturated rings. The third-order valence-electron chi connectivity index (χ3n) is 13.6. The number of nitro groups is 1. The van der Waals surface area contributed by atoms with Gasteiger partial charge in [0.05, 0.1) is 40.2 Å². The van der Waals surface area contributed by atoms with Crippen LogP contribution in [-0.4, -0.2) is 101 Å². The zero-order chi connectivity index (χ0) is 62.9. The normalized spacial score (nSPS) is 14.6. The van der Waals surface area contributed by atoms with Gasteiger partial charge in [0.15, 0.2) is 11.6 Å². The third-order valence-corrected chi connectivity index (χ3v) is 13.6. The first-order valence-electron chi connectivity index (χ1n) is 26.7. The van der Waals surface area contributed by atoms with Gasteiger partial charge >= 0.3 is 42.2 Å². The Labute approximate surface area is 477 Å². The van der Waals surface area contributed by atoms with Crippen molar-refractivity contribution < 1.29 is 101 Å². The predicted octanol–water partition coefficient (Wildman–Crippen LogP) is 12.4. The van der Waals surface area contributed by atoms with E-state index in [0.29, 0.717) is 30.5 Å². The van der Waals surface area contributed by atoms with Gasteiger partial charge in [-0.2, -0.15) is 0 Å². The number of ether oxygens (including phenoxy) is 1. The number of carbonyl (C=O) groups excluding carboxylic acids is 2. The number of nitro benzene ring substituents is 1. The van der Waals surface area contributed by atoms with Crippen molar-refractivity contribution in [3.63, 3.8) is 0 Å². The summed E-state index contributed by atoms with van der Waals surface area (Å²) in [4.78, 5) is 97.2. The molecule has 8 N–H and O–H groups in total. The van der Waals surface area contributed by atoms with Gasteiger partial charge in [-0.3, -0.25) is 38.9 Å². The topological polar surface area (TPSA) is 343 Å². The van der Waals surface area contributed by atoms with Crippen LogP contribution in [0.25, 0.3) is 0 Å². The highest BCUT2D eigenvalue weighted by molar-refractivity contribution is 6.39. The summed E-state index contributed by atoms with van der Waals surface area (Å²) in [5.74, 6) is -10.2. The van der Waals surface area contributed by atoms with Gasteiger partial charge < -0.3 is 45.8 Å². The van der Waals surface area contributed by atoms with E-state index in [1.54, 1.807) is 39.0 Å². The maximum Gasteiger partial charge on any atom is 0.573 e. The molecule has 2 atom stereocenters. The van der Waals surface area contributed by atoms with Crippen LogP contribution in [0.5, 0.6) is 11.5 Å². The first-order chi connectivity index (χ1) is 38.9. The standard InChI is InChI=1S/C24H38N2O5.C10H16O4.C9H7F3O3.C8H7FO3.C8H6O3/c1-2-3-4-5-6-7-8-9-10-11-12-13-14-15-18-25-23(27)22-19-20(26(30)31)16-17-21(22)24(28)29;1-9(2)6(7(11)12)4-5-10(9,3)8(13)14;10-9(11,12)15-7-3-1-6(2-4-7)5-8(13)14;9-6-3-5(4-8(11)12)1-2-7(6)10;9-7(8(10)11)6-4-2-1-3-5-6/h16-17,19H,2-15,18H2,1H3,(H,25,27)(H,28,29);6H,4-5H2,1-3H3,(H,11,12)(H,13,14);1-4H,5H2,(H,13,14);1-3,10H,4H2,(H,11,12);1-5H,(H,10,11). The van der Waals surface area contributed by atoms with Crippen LogP contribution >= 0.6 is 0 Å². The minimum Gasteiger partial charge on any atom is -0.505 e. The maximum atomic E-state index is 12.6. The van der Waals surface area contributed by atoms with Gasteiger partial charge in [-0.15, -0.1) is 13.2 Å². The molecule has 1 amide bonds. The number of alkyl halides is 3. The van der Waals surface area contributed by atoms with E-state index in [2.05, 4.69) is 17.0 Å². The summed E-state index contributed by atoms with van der Waals surface area (Å²) in [6, 6.07) is 19.3. The van der Waals surface area contributed by atoms with Gasteiger partial charge in [-0.1, -0.05) is 153 Å². The molecule has 0 spiro atoms. The Morgan fingerprint density at radius 2 is 1.16 bits per heavy atom. The number of carboxylic acid groups (broad SMARTS) is 6. The molecule has 1 aliphatic rings. The molecular formula is C59H74F4N2O18. The van der Waals surface area contributed by atoms with Crippen molar-refractivity contribution in [2.24, 2.45) is 16.7 Å². The summed E-state index contributed by atoms with van der Waals surface area (Å²) in [5.41, 5.74) is -1.36. The number of aliphatic carboxylic acids is 5. The number of ketones is 1. The molecule has 0 heterocycles. The number of hydrogen-bond donors (Lipinski definition) is 8. The van der Waals surface area contributed by atoms with E-state index in [1.807, 2.05) is 0 Å². The van der Waals surface area contributed by atoms with Crippen molar-refractivity contribution in [2.75, 3.05) is 6.54 Å². The van der Waals surface area contributed by atoms with Crippen LogP contribution in [0.2, 0.25) is 0 Å². The van der Waals surface area contributed by atoms with Gasteiger partial charge in [-0.25, -0.2) is 14.0 Å². The summed E-state index contributed by atoms with van der Waals surface area (Å²) in [6.45, 7) is 7.77. The summed E-state index contributed by atoms with van der Waals surface area (Å²) in [5, 5.41) is 74.6. The SMILES string of the molecule is CC1(C(=O)O)CCC(C(=O)O)C1(C)C.CCCCCCCCCCCCCCCCNC(=O)c1cc([N+](=O)[O-])ccc1C(=O)O.O=C(O)C(=O)c1ccccc1.O=C(O)Cc1ccc(O)c(F)c1.O=C(O)Cc1ccc(OC(F)(F)F)cc1. The van der Waals surface area contributed by atoms with Crippen molar-refractivity contribution in [3.8, 4) is 11.5 Å². The number of benzene rings is 4. The summed E-state index contributed by atoms with van der Waals surface area (Å²) >= 11 is 0. The number of aromatic carboxylic acids is 1. The van der Waals surface area contributed by atoms with Crippen LogP contribution in [0.1, 0.15) is 173 Å². The Kier molecular flexibility index (Phi) is 32.2. The lowest BCUT2D eigenvalue weighted by Crippen LogP contribution is -2.42. The predicted molar refractivity (Wildman–Crippen MR) is 295 cm³/mol. The van der Waals surface area contributed by atoms with Gasteiger partial charge in [0, 0.05) is 24.2 Å². The lowest BCUT2D eigenvalue weighted by atomic mass is 9.66. The van der Waals surface area contributed by atoms with E-state index in [1.165, 1.54) is 101 Å². The van der Waals surface area contributed by atoms with E-state index in [4.69, 9.17) is 30.6 Å². The fourth-order valence-corrected chi connectivity index (χ4v) is 8.48. The third kappa shape index (κ3) is 27.7. The molecule has 4 aromatic rings. The number of hydrogen-bond acceptors (Lipinski definition) is 12. The Hall–Kier alpha value is -8.44. The summed E-state index contributed by atoms with van der Waals surface area (Å²) in [6.07, 6.45) is 13.1. The number of phenolic OH excluding ortho intramolecular Hbond substituents is 1. The zero-order valence-electron chi connectivity index (χ0n) is 46.8. The molecular weight excluding hydrogens is 1100 g/mol. The van der Waals surface area contributed by atoms with E-state index in [-0.39, 0.29) is 41.0 Å². The molecule has 1 aliphatic carbocycles. The minimum absolute atomic E-state index is 0.174. The number of aromatic hydroxyl groups is 1. The second-order valence-electron chi connectivity index (χ2n) is 20.1. The van der Waals surface area contributed by atoms with Crippen LogP contribution in [-0.2, 0) is 36.8 Å². The lowest BCUT2D eigenvalue weighted by Gasteiger charge is -2.36. The number of amides is 1. The fourth-order valence-electron chi connectivity index (χ4n) is 8.48. The average Bonchev–Trinajstić information content (AvgIpc) is 3.34. The Morgan fingerprint density at radius 3 is 1.57 bits per heavy atom. The van der Waals surface area contributed by atoms with E-state index in [0.717, 1.165) is 61.7 Å². The van der Waals surface area contributed by atoms with E-state index in [9.17, 15) is 71.1 Å². The van der Waals surface area contributed by atoms with Crippen molar-refractivity contribution in [1.82, 2.24) is 5.32 Å². The van der Waals surface area contributed by atoms with E-state index >= 15 is 0 Å². The highest BCUT2D eigenvalue weighted by atomic mass is 19.4. The Balaban J connectivity index is 0.000000557. The Morgan fingerprint density at radius 1 is 0.663 bits per heavy atom. The van der Waals surface area contributed by atoms with Crippen LogP contribution in [0.3, 0.4) is 0 Å². The van der Waals surface area contributed by atoms with Crippen LogP contribution in [0.15, 0.2) is 91.0 Å². The average molecular weight is 1180 g/mol. The highest BCUT2D eigenvalue weighted by Crippen LogP contribution is 2.56. The monoisotopic (exact) mass is 1170 g/mol. The second-order valence-corrected chi connectivity index (χ2v) is 20.1. The number of rotatable bonds is 27. The van der Waals surface area contributed by atoms with Crippen molar-refractivity contribution in [3.05, 3.63) is 135 Å². The van der Waals surface area contributed by atoms with Crippen LogP contribution < -0.4 is 10.1 Å². The molecule has 0 aromatic heterocycles. The van der Waals surface area contributed by atoms with Gasteiger partial charge in [-0.05, 0) is 73.1 Å². The molecule has 24 heteroatoms. The van der Waals surface area contributed by atoms with Crippen molar-refractivity contribution >= 4 is 53.2 Å². The number of phenols is 1. The number of nitrogens with one attached hydrogen (secondary N) is 1. The lowest BCUT2D eigenvalue weighted by molar-refractivity contribution is -0.384.